The smallest absolute Gasteiger partial charge is 0.328 e. The van der Waals surface area contributed by atoms with Crippen LogP contribution in [0.1, 0.15) is 24.2 Å². The van der Waals surface area contributed by atoms with Gasteiger partial charge in [-0.15, -0.1) is 0 Å². The summed E-state index contributed by atoms with van der Waals surface area (Å²) < 4.78 is 22.9. The predicted octanol–water partition coefficient (Wildman–Crippen LogP) is 1.75. The first-order chi connectivity index (χ1) is 9.52. The molecule has 0 fully saturated rings. The Bertz CT molecular complexity index is 494. The predicted molar refractivity (Wildman–Crippen MR) is 67.5 cm³/mol. The average molecular weight is 282 g/mol. The minimum Gasteiger partial charge on any atom is -0.465 e. The summed E-state index contributed by atoms with van der Waals surface area (Å²) in [6.07, 6.45) is 0. The number of hydrogen-bond donors (Lipinski definition) is 0. The lowest BCUT2D eigenvalue weighted by atomic mass is 9.97. The van der Waals surface area contributed by atoms with Gasteiger partial charge in [0.1, 0.15) is 5.82 Å². The molecular formula is C14H15FO5. The van der Waals surface area contributed by atoms with Gasteiger partial charge in [-0.2, -0.15) is 0 Å². The number of halogens is 1. The van der Waals surface area contributed by atoms with E-state index in [1.165, 1.54) is 32.0 Å². The molecule has 1 aromatic carbocycles. The number of carbonyl (C=O) groups excluding carboxylic acids is 3. The third kappa shape index (κ3) is 3.63. The van der Waals surface area contributed by atoms with E-state index >= 15 is 0 Å². The van der Waals surface area contributed by atoms with Crippen molar-refractivity contribution < 1.29 is 28.2 Å². The first-order valence-corrected chi connectivity index (χ1v) is 6.14. The van der Waals surface area contributed by atoms with Gasteiger partial charge < -0.3 is 9.47 Å². The van der Waals surface area contributed by atoms with Crippen LogP contribution in [-0.4, -0.2) is 30.9 Å². The summed E-state index contributed by atoms with van der Waals surface area (Å²) in [7, 11) is 0. The molecule has 6 heteroatoms. The van der Waals surface area contributed by atoms with E-state index in [1.807, 2.05) is 0 Å². The van der Waals surface area contributed by atoms with Crippen LogP contribution in [0.25, 0.3) is 0 Å². The molecule has 0 heterocycles. The van der Waals surface area contributed by atoms with E-state index < -0.39 is 29.5 Å². The molecule has 0 aromatic heterocycles. The van der Waals surface area contributed by atoms with Crippen LogP contribution in [0.4, 0.5) is 4.39 Å². The molecule has 108 valence electrons. The summed E-state index contributed by atoms with van der Waals surface area (Å²) in [6.45, 7) is 3.07. The van der Waals surface area contributed by atoms with Crippen molar-refractivity contribution in [2.75, 3.05) is 13.2 Å². The maximum absolute atomic E-state index is 13.6. The van der Waals surface area contributed by atoms with E-state index in [2.05, 4.69) is 9.47 Å². The average Bonchev–Trinajstić information content (AvgIpc) is 2.40. The fourth-order valence-corrected chi connectivity index (χ4v) is 1.58. The van der Waals surface area contributed by atoms with Gasteiger partial charge in [0, 0.05) is 0 Å². The van der Waals surface area contributed by atoms with Crippen molar-refractivity contribution in [2.24, 2.45) is 5.92 Å². The Morgan fingerprint density at radius 2 is 1.55 bits per heavy atom. The number of Topliss-reactive ketones (excluding diaryl/α,β-unsaturated/α-hetero) is 1. The first-order valence-electron chi connectivity index (χ1n) is 6.14. The van der Waals surface area contributed by atoms with Crippen molar-refractivity contribution in [3.8, 4) is 0 Å². The summed E-state index contributed by atoms with van der Waals surface area (Å²) in [6, 6.07) is 5.10. The Hall–Kier alpha value is -2.24. The highest BCUT2D eigenvalue weighted by Crippen LogP contribution is 2.16. The molecule has 0 saturated heterocycles. The number of carbonyl (C=O) groups is 3. The zero-order valence-corrected chi connectivity index (χ0v) is 11.2. The second-order valence-corrected chi connectivity index (χ2v) is 3.78. The minimum atomic E-state index is -1.80. The van der Waals surface area contributed by atoms with Gasteiger partial charge in [0.2, 0.25) is 5.92 Å². The van der Waals surface area contributed by atoms with Crippen LogP contribution < -0.4 is 0 Å². The Morgan fingerprint density at radius 1 is 1.05 bits per heavy atom. The highest BCUT2D eigenvalue weighted by atomic mass is 19.1. The van der Waals surface area contributed by atoms with Crippen molar-refractivity contribution in [1.82, 2.24) is 0 Å². The van der Waals surface area contributed by atoms with Crippen LogP contribution >= 0.6 is 0 Å². The lowest BCUT2D eigenvalue weighted by Gasteiger charge is -2.13. The number of rotatable bonds is 6. The molecule has 0 saturated carbocycles. The normalized spacial score (nSPS) is 10.2. The number of benzene rings is 1. The van der Waals surface area contributed by atoms with Crippen LogP contribution in [0.2, 0.25) is 0 Å². The van der Waals surface area contributed by atoms with Crippen molar-refractivity contribution in [3.63, 3.8) is 0 Å². The van der Waals surface area contributed by atoms with Gasteiger partial charge in [0.15, 0.2) is 5.78 Å². The number of ether oxygens (including phenoxy) is 2. The number of esters is 2. The molecule has 5 nitrogen and oxygen atoms in total. The van der Waals surface area contributed by atoms with Crippen LogP contribution in [-0.2, 0) is 19.1 Å². The Labute approximate surface area is 115 Å². The molecule has 0 aliphatic carbocycles. The highest BCUT2D eigenvalue weighted by Gasteiger charge is 2.38. The molecule has 1 aromatic rings. The quantitative estimate of drug-likeness (QED) is 0.451. The van der Waals surface area contributed by atoms with Gasteiger partial charge in [-0.05, 0) is 26.0 Å². The van der Waals surface area contributed by atoms with Crippen LogP contribution in [0.3, 0.4) is 0 Å². The maximum Gasteiger partial charge on any atom is 0.328 e. The maximum atomic E-state index is 13.6. The first kappa shape index (κ1) is 15.8. The molecule has 0 spiro atoms. The minimum absolute atomic E-state index is 0.000704. The van der Waals surface area contributed by atoms with E-state index in [1.54, 1.807) is 0 Å². The summed E-state index contributed by atoms with van der Waals surface area (Å²) in [5.41, 5.74) is -0.349. The zero-order chi connectivity index (χ0) is 15.1. The highest BCUT2D eigenvalue weighted by molar-refractivity contribution is 6.20. The summed E-state index contributed by atoms with van der Waals surface area (Å²) in [4.78, 5) is 35.6. The molecular weight excluding hydrogens is 267 g/mol. The number of ketones is 1. The van der Waals surface area contributed by atoms with E-state index in [0.717, 1.165) is 6.07 Å². The van der Waals surface area contributed by atoms with Gasteiger partial charge in [0.05, 0.1) is 18.8 Å². The summed E-state index contributed by atoms with van der Waals surface area (Å²) in [5, 5.41) is 0. The Balaban J connectivity index is 3.10. The Kier molecular flexibility index (Phi) is 5.83. The molecule has 1 rings (SSSR count). The van der Waals surface area contributed by atoms with E-state index in [4.69, 9.17) is 0 Å². The molecule has 0 amide bonds. The van der Waals surface area contributed by atoms with Crippen LogP contribution in [0, 0.1) is 11.7 Å². The third-order valence-electron chi connectivity index (χ3n) is 2.45. The van der Waals surface area contributed by atoms with Gasteiger partial charge in [-0.1, -0.05) is 12.1 Å². The zero-order valence-electron chi connectivity index (χ0n) is 11.2. The van der Waals surface area contributed by atoms with E-state index in [9.17, 15) is 18.8 Å². The van der Waals surface area contributed by atoms with Crippen LogP contribution in [0.5, 0.6) is 0 Å². The molecule has 0 aliphatic rings. The molecule has 0 bridgehead atoms. The van der Waals surface area contributed by atoms with E-state index in [0.29, 0.717) is 0 Å². The van der Waals surface area contributed by atoms with Gasteiger partial charge >= 0.3 is 11.9 Å². The molecule has 20 heavy (non-hydrogen) atoms. The second-order valence-electron chi connectivity index (χ2n) is 3.78. The standard InChI is InChI=1S/C14H15FO5/c1-3-19-13(17)11(14(18)20-4-2)12(16)9-7-5-6-8-10(9)15/h5-8,11H,3-4H2,1-2H3. The van der Waals surface area contributed by atoms with Crippen molar-refractivity contribution in [1.29, 1.82) is 0 Å². The summed E-state index contributed by atoms with van der Waals surface area (Å²) >= 11 is 0. The number of hydrogen-bond acceptors (Lipinski definition) is 5. The lowest BCUT2D eigenvalue weighted by Crippen LogP contribution is -2.35. The topological polar surface area (TPSA) is 69.7 Å². The molecule has 0 radical (unpaired) electrons. The van der Waals surface area contributed by atoms with Crippen LogP contribution in [0.15, 0.2) is 24.3 Å². The van der Waals surface area contributed by atoms with Gasteiger partial charge in [-0.25, -0.2) is 4.39 Å². The molecule has 0 atom stereocenters. The van der Waals surface area contributed by atoms with E-state index in [-0.39, 0.29) is 18.8 Å². The summed E-state index contributed by atoms with van der Waals surface area (Å²) in [5.74, 6) is -5.67. The fourth-order valence-electron chi connectivity index (χ4n) is 1.58. The molecule has 0 aliphatic heterocycles. The van der Waals surface area contributed by atoms with Crippen molar-refractivity contribution in [3.05, 3.63) is 35.6 Å². The van der Waals surface area contributed by atoms with Gasteiger partial charge in [-0.3, -0.25) is 14.4 Å². The third-order valence-corrected chi connectivity index (χ3v) is 2.45. The fraction of sp³-hybridized carbons (Fsp3) is 0.357. The van der Waals surface area contributed by atoms with Crippen molar-refractivity contribution in [2.45, 2.75) is 13.8 Å². The largest absolute Gasteiger partial charge is 0.465 e. The lowest BCUT2D eigenvalue weighted by molar-refractivity contribution is -0.158. The SMILES string of the molecule is CCOC(=O)C(C(=O)OCC)C(=O)c1ccccc1F. The molecule has 0 N–H and O–H groups in total. The second kappa shape index (κ2) is 7.37. The van der Waals surface area contributed by atoms with Crippen molar-refractivity contribution >= 4 is 17.7 Å². The monoisotopic (exact) mass is 282 g/mol. The van der Waals surface area contributed by atoms with Gasteiger partial charge in [0.25, 0.3) is 0 Å². The molecule has 0 unspecified atom stereocenters. The Morgan fingerprint density at radius 3 is 2.00 bits per heavy atom.